The van der Waals surface area contributed by atoms with E-state index in [9.17, 15) is 15.0 Å². The highest BCUT2D eigenvalue weighted by Crippen LogP contribution is 2.52. The number of carbonyl (C=O) groups excluding carboxylic acids is 1. The van der Waals surface area contributed by atoms with Gasteiger partial charge in [-0.05, 0) is 6.42 Å². The average molecular weight is 244 g/mol. The van der Waals surface area contributed by atoms with Crippen molar-refractivity contribution in [3.05, 3.63) is 35.4 Å². The van der Waals surface area contributed by atoms with Crippen LogP contribution in [0.4, 0.5) is 0 Å². The topological polar surface area (TPSA) is 73.1 Å². The largest absolute Gasteiger partial charge is 0.361 e. The molecule has 5 heteroatoms. The van der Waals surface area contributed by atoms with Crippen molar-refractivity contribution in [1.82, 2.24) is 4.90 Å². The summed E-state index contributed by atoms with van der Waals surface area (Å²) in [4.78, 5) is 18.2. The molecule has 4 rings (SSSR count). The lowest BCUT2D eigenvalue weighted by molar-refractivity contribution is -0.158. The Labute approximate surface area is 103 Å². The Bertz CT molecular complexity index is 612. The molecule has 2 aliphatic heterocycles. The summed E-state index contributed by atoms with van der Waals surface area (Å²) in [6.45, 7) is 0.553. The molecule has 1 aromatic rings. The number of benzene rings is 1. The number of carbonyl (C=O) groups is 1. The first-order valence-electron chi connectivity index (χ1n) is 6.04. The monoisotopic (exact) mass is 244 g/mol. The molecule has 92 valence electrons. The maximum atomic E-state index is 12.4. The maximum Gasteiger partial charge on any atom is 0.259 e. The second kappa shape index (κ2) is 2.81. The minimum atomic E-state index is -1.94. The second-order valence-electron chi connectivity index (χ2n) is 5.00. The first-order valence-corrected chi connectivity index (χ1v) is 6.04. The predicted molar refractivity (Wildman–Crippen MR) is 63.0 cm³/mol. The fourth-order valence-electron chi connectivity index (χ4n) is 3.28. The fourth-order valence-corrected chi connectivity index (χ4v) is 3.28. The van der Waals surface area contributed by atoms with E-state index in [0.717, 1.165) is 6.42 Å². The van der Waals surface area contributed by atoms with Crippen LogP contribution in [-0.2, 0) is 5.72 Å². The molecular formula is C13H12N2O3. The highest BCUT2D eigenvalue weighted by atomic mass is 16.4. The van der Waals surface area contributed by atoms with E-state index in [1.807, 2.05) is 0 Å². The summed E-state index contributed by atoms with van der Waals surface area (Å²) in [5.41, 5.74) is -3.02. The summed E-state index contributed by atoms with van der Waals surface area (Å²) in [5.74, 6) is 0.170. The van der Waals surface area contributed by atoms with Crippen LogP contribution in [0.25, 0.3) is 0 Å². The minimum absolute atomic E-state index is 0.359. The summed E-state index contributed by atoms with van der Waals surface area (Å²) in [7, 11) is 0. The molecule has 0 unspecified atom stereocenters. The number of nitrogens with zero attached hydrogens (tertiary/aromatic N) is 2. The van der Waals surface area contributed by atoms with Crippen molar-refractivity contribution < 1.29 is 15.0 Å². The molecule has 0 radical (unpaired) electrons. The molecule has 0 bridgehead atoms. The van der Waals surface area contributed by atoms with Gasteiger partial charge in [-0.3, -0.25) is 4.79 Å². The van der Waals surface area contributed by atoms with Gasteiger partial charge in [0, 0.05) is 24.1 Å². The Morgan fingerprint density at radius 3 is 2.89 bits per heavy atom. The van der Waals surface area contributed by atoms with E-state index in [-0.39, 0.29) is 0 Å². The lowest BCUT2D eigenvalue weighted by Gasteiger charge is -2.34. The smallest absolute Gasteiger partial charge is 0.259 e. The normalized spacial score (nSPS) is 36.4. The number of fused-ring (bicyclic) bond motifs is 5. The molecule has 3 aliphatic rings. The van der Waals surface area contributed by atoms with Crippen molar-refractivity contribution in [3.8, 4) is 0 Å². The Morgan fingerprint density at radius 2 is 2.06 bits per heavy atom. The molecule has 1 aliphatic carbocycles. The van der Waals surface area contributed by atoms with Crippen LogP contribution in [0.2, 0.25) is 0 Å². The first kappa shape index (κ1) is 10.2. The molecule has 18 heavy (non-hydrogen) atoms. The van der Waals surface area contributed by atoms with E-state index in [2.05, 4.69) is 4.99 Å². The van der Waals surface area contributed by atoms with Crippen molar-refractivity contribution in [1.29, 1.82) is 0 Å². The molecule has 1 saturated heterocycles. The standard InChI is InChI=1S/C13H12N2O3/c16-11-8-4-1-2-5-9(8)12(17)13(11,18)15-7-3-6-10(15)14-12/h1-2,4-5,17-18H,3,6-7H2/t12-,13+/m0/s1. The van der Waals surface area contributed by atoms with Gasteiger partial charge in [0.15, 0.2) is 0 Å². The number of hydrogen-bond donors (Lipinski definition) is 2. The fraction of sp³-hybridized carbons (Fsp3) is 0.385. The number of Topliss-reactive ketones (excluding diaryl/α,β-unsaturated/α-hetero) is 1. The summed E-state index contributed by atoms with van der Waals surface area (Å²) < 4.78 is 0. The molecule has 2 N–H and O–H groups in total. The second-order valence-corrected chi connectivity index (χ2v) is 5.00. The summed E-state index contributed by atoms with van der Waals surface area (Å²) in [5, 5.41) is 21.5. The van der Waals surface area contributed by atoms with Crippen molar-refractivity contribution in [3.63, 3.8) is 0 Å². The van der Waals surface area contributed by atoms with E-state index >= 15 is 0 Å². The number of hydrogen-bond acceptors (Lipinski definition) is 5. The van der Waals surface area contributed by atoms with Crippen LogP contribution >= 0.6 is 0 Å². The lowest BCUT2D eigenvalue weighted by atomic mass is 10.00. The molecule has 0 spiro atoms. The third kappa shape index (κ3) is 0.824. The number of rotatable bonds is 0. The van der Waals surface area contributed by atoms with Gasteiger partial charge in [0.2, 0.25) is 11.5 Å². The third-order valence-corrected chi connectivity index (χ3v) is 4.13. The number of ketones is 1. The minimum Gasteiger partial charge on any atom is -0.361 e. The number of aliphatic hydroxyl groups is 2. The number of amidine groups is 1. The Balaban J connectivity index is 2.04. The van der Waals surface area contributed by atoms with Gasteiger partial charge in [0.05, 0.1) is 0 Å². The molecule has 0 aromatic heterocycles. The maximum absolute atomic E-state index is 12.4. The molecular weight excluding hydrogens is 232 g/mol. The quantitative estimate of drug-likeness (QED) is 0.685. The van der Waals surface area contributed by atoms with Crippen LogP contribution in [0.1, 0.15) is 28.8 Å². The van der Waals surface area contributed by atoms with Gasteiger partial charge in [0.25, 0.3) is 5.72 Å². The highest BCUT2D eigenvalue weighted by molar-refractivity contribution is 6.12. The molecule has 2 heterocycles. The van der Waals surface area contributed by atoms with Gasteiger partial charge in [-0.25, -0.2) is 4.99 Å². The van der Waals surface area contributed by atoms with Crippen LogP contribution in [0.15, 0.2) is 29.3 Å². The molecule has 1 aromatic carbocycles. The van der Waals surface area contributed by atoms with Gasteiger partial charge in [-0.2, -0.15) is 0 Å². The van der Waals surface area contributed by atoms with Crippen molar-refractivity contribution in [2.24, 2.45) is 4.99 Å². The zero-order valence-corrected chi connectivity index (χ0v) is 9.63. The predicted octanol–water partition coefficient (Wildman–Crippen LogP) is 0.224. The van der Waals surface area contributed by atoms with Crippen molar-refractivity contribution in [2.75, 3.05) is 6.54 Å². The Morgan fingerprint density at radius 1 is 1.28 bits per heavy atom. The average Bonchev–Trinajstić information content (AvgIpc) is 2.95. The zero-order chi connectivity index (χ0) is 12.5. The molecule has 0 saturated carbocycles. The first-order chi connectivity index (χ1) is 8.59. The van der Waals surface area contributed by atoms with E-state index in [0.29, 0.717) is 29.9 Å². The van der Waals surface area contributed by atoms with Crippen LogP contribution in [0.5, 0.6) is 0 Å². The molecule has 2 atom stereocenters. The van der Waals surface area contributed by atoms with Gasteiger partial charge in [0.1, 0.15) is 5.84 Å². The van der Waals surface area contributed by atoms with Gasteiger partial charge in [-0.15, -0.1) is 0 Å². The highest BCUT2D eigenvalue weighted by Gasteiger charge is 2.70. The summed E-state index contributed by atoms with van der Waals surface area (Å²) in [6.07, 6.45) is 1.54. The van der Waals surface area contributed by atoms with Gasteiger partial charge < -0.3 is 15.1 Å². The third-order valence-electron chi connectivity index (χ3n) is 4.13. The van der Waals surface area contributed by atoms with E-state index in [4.69, 9.17) is 0 Å². The van der Waals surface area contributed by atoms with Gasteiger partial charge >= 0.3 is 0 Å². The van der Waals surface area contributed by atoms with Crippen molar-refractivity contribution >= 4 is 11.6 Å². The van der Waals surface area contributed by atoms with Crippen LogP contribution in [0.3, 0.4) is 0 Å². The van der Waals surface area contributed by atoms with Gasteiger partial charge in [-0.1, -0.05) is 24.3 Å². The molecule has 0 amide bonds. The lowest BCUT2D eigenvalue weighted by Crippen LogP contribution is -2.58. The summed E-state index contributed by atoms with van der Waals surface area (Å²) in [6, 6.07) is 6.73. The van der Waals surface area contributed by atoms with E-state index < -0.39 is 17.2 Å². The van der Waals surface area contributed by atoms with Crippen molar-refractivity contribution in [2.45, 2.75) is 24.3 Å². The van der Waals surface area contributed by atoms with E-state index in [1.165, 1.54) is 0 Å². The Hall–Kier alpha value is -1.72. The van der Waals surface area contributed by atoms with Crippen LogP contribution in [-0.4, -0.2) is 39.0 Å². The summed E-state index contributed by atoms with van der Waals surface area (Å²) >= 11 is 0. The number of aliphatic imine (C=N–C) groups is 1. The Kier molecular flexibility index (Phi) is 1.60. The van der Waals surface area contributed by atoms with Crippen LogP contribution in [0, 0.1) is 0 Å². The molecule has 5 nitrogen and oxygen atoms in total. The molecule has 1 fully saturated rings. The van der Waals surface area contributed by atoms with Crippen LogP contribution < -0.4 is 0 Å². The van der Waals surface area contributed by atoms with E-state index in [1.54, 1.807) is 29.2 Å². The SMILES string of the molecule is O=C1c2ccccc2[C@@]2(O)N=C3CCCN3[C@@]12O. The zero-order valence-electron chi connectivity index (χ0n) is 9.63.